The van der Waals surface area contributed by atoms with Crippen molar-refractivity contribution in [3.63, 3.8) is 0 Å². The summed E-state index contributed by atoms with van der Waals surface area (Å²) in [5, 5.41) is 14.9. The highest BCUT2D eigenvalue weighted by molar-refractivity contribution is 5.93. The standard InChI is InChI=1S/C22H22N4O5/c27-17-6-13-9-25(22(28)16-2-1-3-21-23-11-24-26(16)21)10-14(13)7-19(17)31-15-4-5-18-20(8-15)30-12-29-18/h1-5,8,11,13-14,17,19,27H,6-7,9-10,12H2/t13-,14+,17+,19+/m0/s1. The molecule has 1 N–H and O–H groups in total. The van der Waals surface area contributed by atoms with Crippen molar-refractivity contribution in [3.8, 4) is 17.2 Å². The third-order valence-corrected chi connectivity index (χ3v) is 6.52. The molecule has 1 aromatic carbocycles. The Morgan fingerprint density at radius 2 is 1.94 bits per heavy atom. The van der Waals surface area contributed by atoms with Gasteiger partial charge in [-0.3, -0.25) is 4.79 Å². The SMILES string of the molecule is O=C(c1cccc2ncnn12)N1C[C@H]2C[C@@H](Oc3ccc4c(c3)OCO4)[C@H](O)C[C@H]2C1. The largest absolute Gasteiger partial charge is 0.488 e. The Morgan fingerprint density at radius 3 is 2.84 bits per heavy atom. The lowest BCUT2D eigenvalue weighted by Crippen LogP contribution is -2.42. The average molecular weight is 422 g/mol. The number of carbonyl (C=O) groups excluding carboxylic acids is 1. The van der Waals surface area contributed by atoms with Gasteiger partial charge < -0.3 is 24.2 Å². The molecule has 2 aliphatic heterocycles. The lowest BCUT2D eigenvalue weighted by atomic mass is 9.78. The molecule has 4 atom stereocenters. The number of nitrogens with zero attached hydrogens (tertiary/aromatic N) is 4. The van der Waals surface area contributed by atoms with Gasteiger partial charge in [-0.05, 0) is 48.9 Å². The van der Waals surface area contributed by atoms with Crippen LogP contribution in [0, 0.1) is 11.8 Å². The van der Waals surface area contributed by atoms with Gasteiger partial charge in [0.05, 0.1) is 6.10 Å². The smallest absolute Gasteiger partial charge is 0.272 e. The molecule has 0 bridgehead atoms. The predicted molar refractivity (Wildman–Crippen MR) is 108 cm³/mol. The molecule has 160 valence electrons. The number of likely N-dealkylation sites (tertiary alicyclic amines) is 1. The van der Waals surface area contributed by atoms with E-state index < -0.39 is 6.10 Å². The summed E-state index contributed by atoms with van der Waals surface area (Å²) in [6.07, 6.45) is 1.84. The van der Waals surface area contributed by atoms with Gasteiger partial charge in [0.2, 0.25) is 6.79 Å². The van der Waals surface area contributed by atoms with Crippen molar-refractivity contribution in [1.29, 1.82) is 0 Å². The summed E-state index contributed by atoms with van der Waals surface area (Å²) >= 11 is 0. The molecular formula is C22H22N4O5. The van der Waals surface area contributed by atoms with Crippen LogP contribution in [0.25, 0.3) is 5.65 Å². The van der Waals surface area contributed by atoms with Crippen molar-refractivity contribution < 1.29 is 24.1 Å². The third kappa shape index (κ3) is 3.16. The van der Waals surface area contributed by atoms with Crippen molar-refractivity contribution >= 4 is 11.6 Å². The number of hydrogen-bond donors (Lipinski definition) is 1. The Kier molecular flexibility index (Phi) is 4.24. The van der Waals surface area contributed by atoms with Crippen LogP contribution < -0.4 is 14.2 Å². The van der Waals surface area contributed by atoms with Gasteiger partial charge in [-0.25, -0.2) is 9.50 Å². The van der Waals surface area contributed by atoms with Crippen LogP contribution in [0.3, 0.4) is 0 Å². The maximum atomic E-state index is 13.2. The number of rotatable bonds is 3. The molecule has 2 fully saturated rings. The monoisotopic (exact) mass is 422 g/mol. The van der Waals surface area contributed by atoms with Crippen LogP contribution in [0.5, 0.6) is 17.2 Å². The molecule has 6 rings (SSSR count). The second-order valence-corrected chi connectivity index (χ2v) is 8.38. The summed E-state index contributed by atoms with van der Waals surface area (Å²) in [7, 11) is 0. The first-order valence-electron chi connectivity index (χ1n) is 10.5. The number of aliphatic hydroxyl groups excluding tert-OH is 1. The molecule has 0 unspecified atom stereocenters. The number of aromatic nitrogens is 3. The van der Waals surface area contributed by atoms with E-state index in [4.69, 9.17) is 14.2 Å². The summed E-state index contributed by atoms with van der Waals surface area (Å²) in [6, 6.07) is 10.9. The fourth-order valence-electron chi connectivity index (χ4n) is 4.98. The van der Waals surface area contributed by atoms with Crippen LogP contribution in [0.4, 0.5) is 0 Å². The third-order valence-electron chi connectivity index (χ3n) is 6.52. The lowest BCUT2D eigenvalue weighted by molar-refractivity contribution is -0.0232. The Morgan fingerprint density at radius 1 is 1.10 bits per heavy atom. The molecule has 1 amide bonds. The fraction of sp³-hybridized carbons (Fsp3) is 0.409. The number of benzene rings is 1. The summed E-state index contributed by atoms with van der Waals surface area (Å²) in [5.74, 6) is 2.47. The Balaban J connectivity index is 1.16. The van der Waals surface area contributed by atoms with Gasteiger partial charge in [-0.15, -0.1) is 0 Å². The molecule has 1 aliphatic carbocycles. The van der Waals surface area contributed by atoms with Crippen molar-refractivity contribution in [1.82, 2.24) is 19.5 Å². The van der Waals surface area contributed by atoms with E-state index in [1.54, 1.807) is 16.6 Å². The zero-order valence-corrected chi connectivity index (χ0v) is 16.8. The van der Waals surface area contributed by atoms with E-state index in [9.17, 15) is 9.90 Å². The molecule has 3 aromatic rings. The van der Waals surface area contributed by atoms with Crippen LogP contribution in [0.1, 0.15) is 23.3 Å². The van der Waals surface area contributed by atoms with Crippen molar-refractivity contribution in [3.05, 3.63) is 48.4 Å². The van der Waals surface area contributed by atoms with Gasteiger partial charge in [0.15, 0.2) is 17.1 Å². The zero-order valence-electron chi connectivity index (χ0n) is 16.8. The molecule has 9 nitrogen and oxygen atoms in total. The highest BCUT2D eigenvalue weighted by Gasteiger charge is 2.44. The number of aliphatic hydroxyl groups is 1. The molecule has 0 spiro atoms. The van der Waals surface area contributed by atoms with Gasteiger partial charge in [0, 0.05) is 19.2 Å². The van der Waals surface area contributed by atoms with Crippen molar-refractivity contribution in [2.75, 3.05) is 19.9 Å². The quantitative estimate of drug-likeness (QED) is 0.687. The zero-order chi connectivity index (χ0) is 20.9. The molecule has 1 saturated carbocycles. The summed E-state index contributed by atoms with van der Waals surface area (Å²) in [4.78, 5) is 19.2. The van der Waals surface area contributed by atoms with Crippen LogP contribution in [-0.4, -0.2) is 62.6 Å². The lowest BCUT2D eigenvalue weighted by Gasteiger charge is -2.35. The second-order valence-electron chi connectivity index (χ2n) is 8.38. The molecule has 2 aromatic heterocycles. The molecule has 0 radical (unpaired) electrons. The Bertz CT molecular complexity index is 1150. The number of amides is 1. The second kappa shape index (κ2) is 7.12. The summed E-state index contributed by atoms with van der Waals surface area (Å²) in [6.45, 7) is 1.48. The topological polar surface area (TPSA) is 98.4 Å². The van der Waals surface area contributed by atoms with E-state index in [-0.39, 0.29) is 30.6 Å². The van der Waals surface area contributed by atoms with E-state index in [0.29, 0.717) is 54.5 Å². The highest BCUT2D eigenvalue weighted by Crippen LogP contribution is 2.40. The van der Waals surface area contributed by atoms with Crippen LogP contribution in [-0.2, 0) is 0 Å². The molecule has 1 saturated heterocycles. The number of fused-ring (bicyclic) bond motifs is 3. The number of pyridine rings is 1. The van der Waals surface area contributed by atoms with Crippen LogP contribution >= 0.6 is 0 Å². The average Bonchev–Trinajstić information content (AvgIpc) is 3.51. The highest BCUT2D eigenvalue weighted by atomic mass is 16.7. The van der Waals surface area contributed by atoms with Crippen LogP contribution in [0.15, 0.2) is 42.7 Å². The maximum absolute atomic E-state index is 13.2. The minimum atomic E-state index is -0.583. The maximum Gasteiger partial charge on any atom is 0.272 e. The van der Waals surface area contributed by atoms with Gasteiger partial charge >= 0.3 is 0 Å². The van der Waals surface area contributed by atoms with Gasteiger partial charge in [-0.2, -0.15) is 5.10 Å². The Hall–Kier alpha value is -3.33. The van der Waals surface area contributed by atoms with E-state index in [1.807, 2.05) is 29.2 Å². The summed E-state index contributed by atoms with van der Waals surface area (Å²) in [5.41, 5.74) is 1.15. The van der Waals surface area contributed by atoms with Gasteiger partial charge in [0.1, 0.15) is 23.9 Å². The number of carbonyl (C=O) groups is 1. The van der Waals surface area contributed by atoms with Gasteiger partial charge in [0.25, 0.3) is 5.91 Å². The van der Waals surface area contributed by atoms with E-state index in [1.165, 1.54) is 6.33 Å². The van der Waals surface area contributed by atoms with Gasteiger partial charge in [-0.1, -0.05) is 6.07 Å². The molecule has 9 heteroatoms. The normalized spacial score (nSPS) is 26.8. The number of ether oxygens (including phenoxy) is 3. The van der Waals surface area contributed by atoms with Crippen molar-refractivity contribution in [2.45, 2.75) is 25.0 Å². The van der Waals surface area contributed by atoms with E-state index >= 15 is 0 Å². The van der Waals surface area contributed by atoms with E-state index in [0.717, 1.165) is 0 Å². The number of hydrogen-bond acceptors (Lipinski definition) is 7. The van der Waals surface area contributed by atoms with Crippen molar-refractivity contribution in [2.24, 2.45) is 11.8 Å². The molecule has 3 aliphatic rings. The first kappa shape index (κ1) is 18.4. The Labute approximate surface area is 178 Å². The molecule has 31 heavy (non-hydrogen) atoms. The van der Waals surface area contributed by atoms with Crippen LogP contribution in [0.2, 0.25) is 0 Å². The fourth-order valence-corrected chi connectivity index (χ4v) is 4.98. The summed E-state index contributed by atoms with van der Waals surface area (Å²) < 4.78 is 18.4. The molecule has 4 heterocycles. The minimum absolute atomic E-state index is 0.0618. The molecular weight excluding hydrogens is 400 g/mol. The first-order valence-corrected chi connectivity index (χ1v) is 10.5. The predicted octanol–water partition coefficient (Wildman–Crippen LogP) is 1.75. The van der Waals surface area contributed by atoms with E-state index in [2.05, 4.69) is 10.1 Å². The first-order chi connectivity index (χ1) is 15.2. The minimum Gasteiger partial charge on any atom is -0.488 e.